The van der Waals surface area contributed by atoms with E-state index in [1.54, 1.807) is 0 Å². The van der Waals surface area contributed by atoms with E-state index in [4.69, 9.17) is 28.4 Å². The molecule has 0 aromatic carbocycles. The molecule has 2 aliphatic rings. The number of unbranched alkanes of at least 4 members (excludes halogenated alkanes) is 19. The molecule has 66 heavy (non-hydrogen) atoms. The molecule has 15 heteroatoms. The summed E-state index contributed by atoms with van der Waals surface area (Å²) in [6.45, 7) is 2.52. The lowest BCUT2D eigenvalue weighted by atomic mass is 9.98. The van der Waals surface area contributed by atoms with E-state index in [-0.39, 0.29) is 19.4 Å². The SMILES string of the molecule is CCCCC/C=C/C/C=C/C/C=C/CCCCC(=O)O[C@H](COC(=O)CCCCCCCCCCCCCCCCC)CO[C@@H]1O[C@H](CO[C@@H]2O[C@H](CO)[C@H](O)C(O)C2O)[C@H](O)C(O)C1O. The van der Waals surface area contributed by atoms with Crippen LogP contribution in [-0.2, 0) is 38.0 Å². The number of esters is 2. The van der Waals surface area contributed by atoms with E-state index in [2.05, 4.69) is 50.3 Å². The van der Waals surface area contributed by atoms with E-state index in [0.717, 1.165) is 51.4 Å². The maximum Gasteiger partial charge on any atom is 0.306 e. The van der Waals surface area contributed by atoms with Gasteiger partial charge in [-0.1, -0.05) is 153 Å². The second-order valence-electron chi connectivity index (χ2n) is 18.0. The first-order chi connectivity index (χ1) is 32.0. The Balaban J connectivity index is 1.83. The van der Waals surface area contributed by atoms with Crippen LogP contribution in [0.5, 0.6) is 0 Å². The number of aliphatic hydroxyl groups is 7. The van der Waals surface area contributed by atoms with Gasteiger partial charge in [0, 0.05) is 12.8 Å². The Morgan fingerprint density at radius 3 is 1.45 bits per heavy atom. The van der Waals surface area contributed by atoms with Gasteiger partial charge in [0.05, 0.1) is 19.8 Å². The van der Waals surface area contributed by atoms with Crippen LogP contribution in [0.2, 0.25) is 0 Å². The van der Waals surface area contributed by atoms with Crippen molar-refractivity contribution in [2.75, 3.05) is 26.4 Å². The van der Waals surface area contributed by atoms with E-state index in [1.807, 2.05) is 0 Å². The maximum absolute atomic E-state index is 13.0. The van der Waals surface area contributed by atoms with Crippen molar-refractivity contribution in [3.63, 3.8) is 0 Å². The van der Waals surface area contributed by atoms with Crippen LogP contribution in [0.1, 0.15) is 181 Å². The van der Waals surface area contributed by atoms with Crippen molar-refractivity contribution in [1.29, 1.82) is 0 Å². The van der Waals surface area contributed by atoms with Crippen molar-refractivity contribution in [2.45, 2.75) is 248 Å². The molecule has 7 N–H and O–H groups in total. The average molecular weight is 943 g/mol. The Morgan fingerprint density at radius 1 is 0.485 bits per heavy atom. The van der Waals surface area contributed by atoms with Gasteiger partial charge in [0.25, 0.3) is 0 Å². The van der Waals surface area contributed by atoms with E-state index in [0.29, 0.717) is 12.8 Å². The van der Waals surface area contributed by atoms with Crippen LogP contribution in [0.4, 0.5) is 0 Å². The van der Waals surface area contributed by atoms with Gasteiger partial charge in [-0.3, -0.25) is 9.59 Å². The molecular formula is C51H90O15. The van der Waals surface area contributed by atoms with Crippen molar-refractivity contribution in [2.24, 2.45) is 0 Å². The zero-order chi connectivity index (χ0) is 48.2. The highest BCUT2D eigenvalue weighted by molar-refractivity contribution is 5.70. The van der Waals surface area contributed by atoms with Crippen LogP contribution in [-0.4, -0.2) is 142 Å². The number of hydrogen-bond acceptors (Lipinski definition) is 15. The van der Waals surface area contributed by atoms with Gasteiger partial charge in [-0.05, 0) is 51.4 Å². The zero-order valence-corrected chi connectivity index (χ0v) is 40.4. The Hall–Kier alpha value is -2.28. The number of carbonyl (C=O) groups is 2. The minimum Gasteiger partial charge on any atom is -0.462 e. The van der Waals surface area contributed by atoms with E-state index < -0.39 is 99.3 Å². The summed E-state index contributed by atoms with van der Waals surface area (Å²) in [5.41, 5.74) is 0. The molecule has 0 spiro atoms. The first-order valence-electron chi connectivity index (χ1n) is 25.6. The van der Waals surface area contributed by atoms with Crippen molar-refractivity contribution in [1.82, 2.24) is 0 Å². The number of carbonyl (C=O) groups excluding carboxylic acids is 2. The quantitative estimate of drug-likeness (QED) is 0.0188. The molecule has 15 nitrogen and oxygen atoms in total. The third-order valence-electron chi connectivity index (χ3n) is 12.1. The fourth-order valence-corrected chi connectivity index (χ4v) is 7.87. The summed E-state index contributed by atoms with van der Waals surface area (Å²) in [6.07, 6.45) is 23.2. The molecule has 2 heterocycles. The summed E-state index contributed by atoms with van der Waals surface area (Å²) < 4.78 is 33.5. The molecule has 2 fully saturated rings. The van der Waals surface area contributed by atoms with Crippen LogP contribution >= 0.6 is 0 Å². The van der Waals surface area contributed by atoms with Gasteiger partial charge in [0.1, 0.15) is 55.4 Å². The molecule has 0 bridgehead atoms. The molecule has 0 aromatic heterocycles. The van der Waals surface area contributed by atoms with E-state index >= 15 is 0 Å². The number of hydrogen-bond donors (Lipinski definition) is 7. The van der Waals surface area contributed by atoms with E-state index in [9.17, 15) is 45.3 Å². The second kappa shape index (κ2) is 38.6. The Bertz CT molecular complexity index is 1290. The maximum atomic E-state index is 13.0. The molecule has 0 aliphatic carbocycles. The van der Waals surface area contributed by atoms with Crippen LogP contribution in [0.3, 0.4) is 0 Å². The van der Waals surface area contributed by atoms with E-state index in [1.165, 1.54) is 89.9 Å². The highest BCUT2D eigenvalue weighted by atomic mass is 16.7. The summed E-state index contributed by atoms with van der Waals surface area (Å²) in [5.74, 6) is -0.966. The summed E-state index contributed by atoms with van der Waals surface area (Å²) >= 11 is 0. The van der Waals surface area contributed by atoms with Crippen LogP contribution in [0, 0.1) is 0 Å². The van der Waals surface area contributed by atoms with Gasteiger partial charge in [-0.25, -0.2) is 0 Å². The summed E-state index contributed by atoms with van der Waals surface area (Å²) in [5, 5.41) is 72.0. The van der Waals surface area contributed by atoms with Crippen molar-refractivity contribution in [3.05, 3.63) is 36.5 Å². The second-order valence-corrected chi connectivity index (χ2v) is 18.0. The fraction of sp³-hybridized carbons (Fsp3) is 0.843. The van der Waals surface area contributed by atoms with Gasteiger partial charge >= 0.3 is 11.9 Å². The fourth-order valence-electron chi connectivity index (χ4n) is 7.87. The predicted octanol–water partition coefficient (Wildman–Crippen LogP) is 6.93. The monoisotopic (exact) mass is 943 g/mol. The molecule has 11 atom stereocenters. The summed E-state index contributed by atoms with van der Waals surface area (Å²) in [4.78, 5) is 25.7. The Morgan fingerprint density at radius 2 is 0.909 bits per heavy atom. The smallest absolute Gasteiger partial charge is 0.306 e. The van der Waals surface area contributed by atoms with Crippen molar-refractivity contribution in [3.8, 4) is 0 Å². The van der Waals surface area contributed by atoms with Gasteiger partial charge in [0.2, 0.25) is 0 Å². The molecule has 0 amide bonds. The lowest BCUT2D eigenvalue weighted by Crippen LogP contribution is -2.61. The number of ether oxygens (including phenoxy) is 6. The van der Waals surface area contributed by atoms with Crippen LogP contribution in [0.25, 0.3) is 0 Å². The topological polar surface area (TPSA) is 231 Å². The highest BCUT2D eigenvalue weighted by Gasteiger charge is 2.47. The summed E-state index contributed by atoms with van der Waals surface area (Å²) in [7, 11) is 0. The molecular weight excluding hydrogens is 853 g/mol. The number of aliphatic hydroxyl groups excluding tert-OH is 7. The zero-order valence-electron chi connectivity index (χ0n) is 40.4. The lowest BCUT2D eigenvalue weighted by molar-refractivity contribution is -0.332. The van der Waals surface area contributed by atoms with Gasteiger partial charge < -0.3 is 64.2 Å². The Kier molecular flexibility index (Phi) is 35.0. The minimum atomic E-state index is -1.77. The third kappa shape index (κ3) is 26.5. The van der Waals surface area contributed by atoms with Crippen molar-refractivity contribution < 1.29 is 73.8 Å². The molecule has 0 aromatic rings. The van der Waals surface area contributed by atoms with Crippen LogP contribution in [0.15, 0.2) is 36.5 Å². The highest BCUT2D eigenvalue weighted by Crippen LogP contribution is 2.26. The first-order valence-corrected chi connectivity index (χ1v) is 25.6. The Labute approximate surface area is 395 Å². The average Bonchev–Trinajstić information content (AvgIpc) is 3.31. The minimum absolute atomic E-state index is 0.118. The molecule has 0 radical (unpaired) electrons. The standard InChI is InChI=1S/C51H90O15/c1-3-5-7-9-11-13-15-17-19-21-23-25-27-29-31-33-42(53)61-36-39(64-43(54)34-32-30-28-26-24-22-20-18-16-14-12-10-8-6-4-2)37-62-50-49(60)47(58)45(56)41(66-50)38-63-51-48(59)46(57)44(55)40(35-52)65-51/h12,14,18,20,24,26,39-41,44-52,55-60H,3-11,13,15-17,19,21-23,25,27-38H2,1-2H3/b14-12+,20-18+,26-24+/t39-,40-,41-,44+,45+,46?,47?,48?,49?,50-,51-/m1/s1. The lowest BCUT2D eigenvalue weighted by Gasteiger charge is -2.42. The third-order valence-corrected chi connectivity index (χ3v) is 12.1. The molecule has 2 aliphatic heterocycles. The molecule has 4 unspecified atom stereocenters. The normalized spacial score (nSPS) is 26.4. The van der Waals surface area contributed by atoms with Gasteiger partial charge in [-0.2, -0.15) is 0 Å². The number of rotatable bonds is 39. The van der Waals surface area contributed by atoms with Gasteiger partial charge in [-0.15, -0.1) is 0 Å². The van der Waals surface area contributed by atoms with Crippen LogP contribution < -0.4 is 0 Å². The molecule has 2 rings (SSSR count). The van der Waals surface area contributed by atoms with Crippen molar-refractivity contribution >= 4 is 11.9 Å². The predicted molar refractivity (Wildman–Crippen MR) is 252 cm³/mol. The molecule has 384 valence electrons. The largest absolute Gasteiger partial charge is 0.462 e. The molecule has 0 saturated carbocycles. The summed E-state index contributed by atoms with van der Waals surface area (Å²) in [6, 6.07) is 0. The van der Waals surface area contributed by atoms with Gasteiger partial charge in [0.15, 0.2) is 18.7 Å². The molecule has 2 saturated heterocycles. The first kappa shape index (κ1) is 59.8. The number of allylic oxidation sites excluding steroid dienone is 6.